The minimum atomic E-state index is -5.36. The number of hydrogen-bond donors (Lipinski definition) is 0. The van der Waals surface area contributed by atoms with Crippen molar-refractivity contribution in [2.75, 3.05) is 0 Å². The lowest BCUT2D eigenvalue weighted by atomic mass is 9.79. The van der Waals surface area contributed by atoms with Crippen LogP contribution in [0.3, 0.4) is 0 Å². The van der Waals surface area contributed by atoms with Crippen molar-refractivity contribution in [2.24, 2.45) is 0 Å². The van der Waals surface area contributed by atoms with E-state index in [4.69, 9.17) is 0 Å². The predicted octanol–water partition coefficient (Wildman–Crippen LogP) is 2.82. The van der Waals surface area contributed by atoms with Gasteiger partial charge in [-0.3, -0.25) is 0 Å². The molecule has 0 aliphatic heterocycles. The molecule has 0 aliphatic carbocycles. The van der Waals surface area contributed by atoms with Gasteiger partial charge >= 0.3 is 17.1 Å². The number of aryl methyl sites for hydroxylation is 1. The van der Waals surface area contributed by atoms with Crippen LogP contribution in [0.25, 0.3) is 0 Å². The quantitative estimate of drug-likeness (QED) is 0.644. The van der Waals surface area contributed by atoms with Crippen LogP contribution in [0.2, 0.25) is 0 Å². The van der Waals surface area contributed by atoms with Crippen LogP contribution in [0.5, 0.6) is 5.75 Å². The second kappa shape index (κ2) is 5.44. The number of para-hydroxylation sites is 1. The van der Waals surface area contributed by atoms with Gasteiger partial charge in [0, 0.05) is 0 Å². The summed E-state index contributed by atoms with van der Waals surface area (Å²) in [6.45, 7) is -3.60. The first-order chi connectivity index (χ1) is 9.70. The number of benzene rings is 2. The number of halogens is 3. The topological polar surface area (TPSA) is 43.4 Å². The molecule has 0 fully saturated rings. The fourth-order valence-electron chi connectivity index (χ4n) is 1.70. The molecule has 3 nitrogen and oxygen atoms in total. The summed E-state index contributed by atoms with van der Waals surface area (Å²) < 4.78 is 67.3. The van der Waals surface area contributed by atoms with Gasteiger partial charge < -0.3 is 17.1 Å². The molecule has 0 N–H and O–H groups in total. The standard InChI is InChI=1S/C13H11BF3O3S/c1-10-6-8-11(9-7-10)21(18,19)20-13-5-3-2-4-12(13)14(15,16)17/h2-9H,1H3/q-1. The fourth-order valence-corrected chi connectivity index (χ4v) is 2.65. The number of rotatable bonds is 4. The van der Waals surface area contributed by atoms with E-state index >= 15 is 0 Å². The van der Waals surface area contributed by atoms with Crippen LogP contribution in [0, 0.1) is 6.92 Å². The Morgan fingerprint density at radius 2 is 1.52 bits per heavy atom. The maximum atomic E-state index is 12.9. The lowest BCUT2D eigenvalue weighted by Gasteiger charge is -2.19. The molecule has 0 heterocycles. The second-order valence-electron chi connectivity index (χ2n) is 4.46. The molecule has 0 bridgehead atoms. The van der Waals surface area contributed by atoms with E-state index in [0.717, 1.165) is 17.7 Å². The zero-order valence-electron chi connectivity index (χ0n) is 11.0. The van der Waals surface area contributed by atoms with Crippen LogP contribution in [-0.2, 0) is 10.1 Å². The lowest BCUT2D eigenvalue weighted by molar-refractivity contribution is 0.478. The monoisotopic (exact) mass is 315 g/mol. The van der Waals surface area contributed by atoms with Crippen molar-refractivity contribution >= 4 is 22.6 Å². The molecule has 0 aromatic heterocycles. The Labute approximate surface area is 120 Å². The molecule has 0 unspecified atom stereocenters. The van der Waals surface area contributed by atoms with Crippen LogP contribution in [0.1, 0.15) is 5.56 Å². The highest BCUT2D eigenvalue weighted by Crippen LogP contribution is 2.21. The molecule has 2 aromatic rings. The summed E-state index contributed by atoms with van der Waals surface area (Å²) in [6.07, 6.45) is 0. The maximum absolute atomic E-state index is 12.9. The first kappa shape index (κ1) is 15.4. The van der Waals surface area contributed by atoms with Gasteiger partial charge in [-0.2, -0.15) is 8.42 Å². The molecule has 21 heavy (non-hydrogen) atoms. The van der Waals surface area contributed by atoms with E-state index in [-0.39, 0.29) is 4.90 Å². The maximum Gasteiger partial charge on any atom is 0.513 e. The van der Waals surface area contributed by atoms with Crippen molar-refractivity contribution in [3.8, 4) is 5.75 Å². The van der Waals surface area contributed by atoms with E-state index in [1.165, 1.54) is 36.4 Å². The zero-order chi connectivity index (χ0) is 15.7. The second-order valence-corrected chi connectivity index (χ2v) is 6.01. The van der Waals surface area contributed by atoms with Crippen molar-refractivity contribution in [3.63, 3.8) is 0 Å². The Morgan fingerprint density at radius 1 is 0.952 bits per heavy atom. The van der Waals surface area contributed by atoms with Gasteiger partial charge in [0.2, 0.25) is 0 Å². The van der Waals surface area contributed by atoms with Crippen molar-refractivity contribution < 1.29 is 25.5 Å². The van der Waals surface area contributed by atoms with E-state index < -0.39 is 28.3 Å². The van der Waals surface area contributed by atoms with E-state index in [1.54, 1.807) is 6.92 Å². The highest BCUT2D eigenvalue weighted by Gasteiger charge is 2.30. The van der Waals surface area contributed by atoms with Crippen LogP contribution in [0.4, 0.5) is 12.9 Å². The third-order valence-electron chi connectivity index (χ3n) is 2.78. The average Bonchev–Trinajstić information content (AvgIpc) is 2.38. The zero-order valence-corrected chi connectivity index (χ0v) is 11.8. The molecule has 0 amide bonds. The van der Waals surface area contributed by atoms with Crippen LogP contribution < -0.4 is 9.65 Å². The summed E-state index contributed by atoms with van der Waals surface area (Å²) in [6, 6.07) is 9.88. The summed E-state index contributed by atoms with van der Waals surface area (Å²) in [5, 5.41) is 0. The smallest absolute Gasteiger partial charge is 0.445 e. The molecule has 0 saturated heterocycles. The van der Waals surface area contributed by atoms with Crippen molar-refractivity contribution in [2.45, 2.75) is 11.8 Å². The minimum Gasteiger partial charge on any atom is -0.445 e. The average molecular weight is 315 g/mol. The third-order valence-corrected chi connectivity index (χ3v) is 4.03. The van der Waals surface area contributed by atoms with Gasteiger partial charge in [-0.1, -0.05) is 41.4 Å². The van der Waals surface area contributed by atoms with Crippen molar-refractivity contribution in [1.29, 1.82) is 0 Å². The van der Waals surface area contributed by atoms with E-state index in [2.05, 4.69) is 4.18 Å². The van der Waals surface area contributed by atoms with Gasteiger partial charge in [-0.15, -0.1) is 0 Å². The predicted molar refractivity (Wildman–Crippen MR) is 74.1 cm³/mol. The molecule has 0 saturated carbocycles. The summed E-state index contributed by atoms with van der Waals surface area (Å²) in [7, 11) is -4.30. The molecule has 0 spiro atoms. The SMILES string of the molecule is Cc1ccc(S(=O)(=O)Oc2ccccc2[B-](F)(F)F)cc1. The summed E-state index contributed by atoms with van der Waals surface area (Å²) in [4.78, 5) is -0.197. The Kier molecular flexibility index (Phi) is 4.00. The molecule has 0 aliphatic rings. The largest absolute Gasteiger partial charge is 0.513 e. The van der Waals surface area contributed by atoms with Gasteiger partial charge in [0.1, 0.15) is 10.6 Å². The van der Waals surface area contributed by atoms with Gasteiger partial charge in [-0.25, -0.2) is 0 Å². The number of hydrogen-bond acceptors (Lipinski definition) is 3. The van der Waals surface area contributed by atoms with Crippen LogP contribution >= 0.6 is 0 Å². The first-order valence-corrected chi connectivity index (χ1v) is 7.41. The lowest BCUT2D eigenvalue weighted by Crippen LogP contribution is -2.35. The first-order valence-electron chi connectivity index (χ1n) is 6.00. The van der Waals surface area contributed by atoms with E-state index in [1.807, 2.05) is 0 Å². The molecular formula is C13H11BF3O3S-. The Balaban J connectivity index is 2.40. The third kappa shape index (κ3) is 3.58. The van der Waals surface area contributed by atoms with Crippen LogP contribution in [-0.4, -0.2) is 15.4 Å². The Bertz CT molecular complexity index is 740. The Hall–Kier alpha value is -1.96. The molecular weight excluding hydrogens is 304 g/mol. The summed E-state index contributed by atoms with van der Waals surface area (Å²) in [5.74, 6) is -0.717. The van der Waals surface area contributed by atoms with Gasteiger partial charge in [0.25, 0.3) is 0 Å². The van der Waals surface area contributed by atoms with Gasteiger partial charge in [0.15, 0.2) is 0 Å². The van der Waals surface area contributed by atoms with Crippen molar-refractivity contribution in [1.82, 2.24) is 0 Å². The molecule has 2 aromatic carbocycles. The highest BCUT2D eigenvalue weighted by molar-refractivity contribution is 7.87. The van der Waals surface area contributed by atoms with Gasteiger partial charge in [-0.05, 0) is 25.1 Å². The minimum absolute atomic E-state index is 0.197. The normalized spacial score (nSPS) is 12.2. The molecule has 2 rings (SSSR count). The van der Waals surface area contributed by atoms with E-state index in [0.29, 0.717) is 0 Å². The highest BCUT2D eigenvalue weighted by atomic mass is 32.2. The molecule has 0 atom stereocenters. The van der Waals surface area contributed by atoms with Crippen LogP contribution in [0.15, 0.2) is 53.4 Å². The van der Waals surface area contributed by atoms with Gasteiger partial charge in [0.05, 0.1) is 0 Å². The van der Waals surface area contributed by atoms with Crippen molar-refractivity contribution in [3.05, 3.63) is 54.1 Å². The fraction of sp³-hybridized carbons (Fsp3) is 0.0769. The summed E-state index contributed by atoms with van der Waals surface area (Å²) in [5.41, 5.74) is -0.249. The molecule has 8 heteroatoms. The molecule has 112 valence electrons. The Morgan fingerprint density at radius 3 is 2.10 bits per heavy atom. The van der Waals surface area contributed by atoms with E-state index in [9.17, 15) is 21.4 Å². The summed E-state index contributed by atoms with van der Waals surface area (Å²) >= 11 is 0. The molecule has 0 radical (unpaired) electrons.